The number of alkyl halides is 3. The Bertz CT molecular complexity index is 985. The van der Waals surface area contributed by atoms with Crippen LogP contribution in [0.2, 0.25) is 0 Å². The SMILES string of the molecule is COC(=O)C1=C(C)N(C)C(=NCc2ccccc2C(F)(F)F)NC1c1ccccc1. The first-order chi connectivity index (χ1) is 14.2. The number of guanidine groups is 1. The molecule has 0 amide bonds. The third kappa shape index (κ3) is 4.32. The lowest BCUT2D eigenvalue weighted by Crippen LogP contribution is -2.47. The molecule has 0 saturated carbocycles. The molecule has 0 saturated heterocycles. The highest BCUT2D eigenvalue weighted by Crippen LogP contribution is 2.33. The number of rotatable bonds is 4. The van der Waals surface area contributed by atoms with Crippen molar-refractivity contribution in [3.8, 4) is 0 Å². The molecule has 0 spiro atoms. The quantitative estimate of drug-likeness (QED) is 0.755. The summed E-state index contributed by atoms with van der Waals surface area (Å²) in [5, 5.41) is 3.18. The van der Waals surface area contributed by atoms with Crippen LogP contribution in [0.15, 0.2) is 70.9 Å². The molecule has 0 fully saturated rings. The van der Waals surface area contributed by atoms with Gasteiger partial charge in [0.2, 0.25) is 0 Å². The number of carbonyl (C=O) groups is 1. The van der Waals surface area contributed by atoms with E-state index in [1.807, 2.05) is 30.3 Å². The van der Waals surface area contributed by atoms with Gasteiger partial charge >= 0.3 is 12.1 Å². The van der Waals surface area contributed by atoms with Crippen molar-refractivity contribution in [1.82, 2.24) is 10.2 Å². The predicted octanol–water partition coefficient (Wildman–Crippen LogP) is 4.28. The van der Waals surface area contributed by atoms with E-state index in [0.717, 1.165) is 11.6 Å². The van der Waals surface area contributed by atoms with Gasteiger partial charge in [0.1, 0.15) is 0 Å². The largest absolute Gasteiger partial charge is 0.466 e. The summed E-state index contributed by atoms with van der Waals surface area (Å²) in [5.74, 6) is -0.117. The molecule has 1 unspecified atom stereocenters. The number of aliphatic imine (C=N–C) groups is 1. The molecular weight excluding hydrogens is 395 g/mol. The van der Waals surface area contributed by atoms with Crippen LogP contribution >= 0.6 is 0 Å². The van der Waals surface area contributed by atoms with Gasteiger partial charge in [-0.1, -0.05) is 48.5 Å². The van der Waals surface area contributed by atoms with Crippen LogP contribution in [0, 0.1) is 0 Å². The molecule has 2 aromatic rings. The van der Waals surface area contributed by atoms with E-state index in [1.54, 1.807) is 24.9 Å². The Labute approximate surface area is 172 Å². The number of hydrogen-bond acceptors (Lipinski definition) is 3. The molecule has 2 aromatic carbocycles. The smallest absolute Gasteiger partial charge is 0.416 e. The molecule has 0 aromatic heterocycles. The Hall–Kier alpha value is -3.29. The van der Waals surface area contributed by atoms with Crippen molar-refractivity contribution in [2.24, 2.45) is 4.99 Å². The lowest BCUT2D eigenvalue weighted by atomic mass is 9.95. The van der Waals surface area contributed by atoms with Crippen LogP contribution in [-0.2, 0) is 22.3 Å². The van der Waals surface area contributed by atoms with E-state index >= 15 is 0 Å². The molecule has 158 valence electrons. The number of benzene rings is 2. The Morgan fingerprint density at radius 2 is 1.77 bits per heavy atom. The molecule has 1 aliphatic rings. The van der Waals surface area contributed by atoms with Crippen molar-refractivity contribution in [1.29, 1.82) is 0 Å². The minimum absolute atomic E-state index is 0.0735. The summed E-state index contributed by atoms with van der Waals surface area (Å²) in [6.45, 7) is 1.59. The fourth-order valence-corrected chi connectivity index (χ4v) is 3.36. The van der Waals surface area contributed by atoms with Crippen molar-refractivity contribution in [2.45, 2.75) is 25.7 Å². The van der Waals surface area contributed by atoms with Gasteiger partial charge in [-0.2, -0.15) is 13.2 Å². The van der Waals surface area contributed by atoms with Crippen molar-refractivity contribution in [3.63, 3.8) is 0 Å². The van der Waals surface area contributed by atoms with Gasteiger partial charge in [0, 0.05) is 12.7 Å². The van der Waals surface area contributed by atoms with Crippen LogP contribution in [0.25, 0.3) is 0 Å². The first-order valence-corrected chi connectivity index (χ1v) is 9.28. The third-order valence-corrected chi connectivity index (χ3v) is 5.03. The normalized spacial score (nSPS) is 18.4. The highest BCUT2D eigenvalue weighted by atomic mass is 19.4. The highest BCUT2D eigenvalue weighted by Gasteiger charge is 2.35. The monoisotopic (exact) mass is 417 g/mol. The van der Waals surface area contributed by atoms with Gasteiger partial charge in [0.15, 0.2) is 5.96 Å². The zero-order valence-corrected chi connectivity index (χ0v) is 16.8. The van der Waals surface area contributed by atoms with Crippen LogP contribution < -0.4 is 5.32 Å². The Morgan fingerprint density at radius 3 is 2.40 bits per heavy atom. The zero-order valence-electron chi connectivity index (χ0n) is 16.8. The first kappa shape index (κ1) is 21.4. The van der Waals surface area contributed by atoms with Crippen LogP contribution in [0.5, 0.6) is 0 Å². The fourth-order valence-electron chi connectivity index (χ4n) is 3.36. The van der Waals surface area contributed by atoms with Crippen LogP contribution in [0.4, 0.5) is 13.2 Å². The molecule has 0 aliphatic carbocycles. The molecule has 3 rings (SSSR count). The first-order valence-electron chi connectivity index (χ1n) is 9.28. The third-order valence-electron chi connectivity index (χ3n) is 5.03. The number of esters is 1. The molecule has 0 bridgehead atoms. The van der Waals surface area contributed by atoms with Gasteiger partial charge in [-0.25, -0.2) is 9.79 Å². The standard InChI is InChI=1S/C22H22F3N3O2/c1-14-18(20(29)30-3)19(15-9-5-4-6-10-15)27-21(28(14)2)26-13-16-11-7-8-12-17(16)22(23,24)25/h4-12,19H,13H2,1-3H3,(H,26,27). The van der Waals surface area contributed by atoms with E-state index in [0.29, 0.717) is 17.2 Å². The summed E-state index contributed by atoms with van der Waals surface area (Å²) >= 11 is 0. The molecule has 1 N–H and O–H groups in total. The molecule has 5 nitrogen and oxygen atoms in total. The second kappa shape index (κ2) is 8.61. The summed E-state index contributed by atoms with van der Waals surface area (Å²) in [7, 11) is 3.00. The van der Waals surface area contributed by atoms with E-state index in [9.17, 15) is 18.0 Å². The number of allylic oxidation sites excluding steroid dienone is 1. The van der Waals surface area contributed by atoms with Gasteiger partial charge in [0.05, 0.1) is 30.8 Å². The minimum atomic E-state index is -4.46. The maximum atomic E-state index is 13.3. The van der Waals surface area contributed by atoms with Gasteiger partial charge in [-0.3, -0.25) is 0 Å². The average Bonchev–Trinajstić information content (AvgIpc) is 2.74. The van der Waals surface area contributed by atoms with Gasteiger partial charge in [0.25, 0.3) is 0 Å². The van der Waals surface area contributed by atoms with E-state index in [-0.39, 0.29) is 12.1 Å². The van der Waals surface area contributed by atoms with E-state index in [1.165, 1.54) is 19.2 Å². The van der Waals surface area contributed by atoms with Crippen molar-refractivity contribution >= 4 is 11.9 Å². The number of halogens is 3. The van der Waals surface area contributed by atoms with Crippen LogP contribution in [-0.4, -0.2) is 31.0 Å². The summed E-state index contributed by atoms with van der Waals surface area (Å²) in [6.07, 6.45) is -4.46. The second-order valence-electron chi connectivity index (χ2n) is 6.83. The lowest BCUT2D eigenvalue weighted by molar-refractivity contribution is -0.138. The summed E-state index contributed by atoms with van der Waals surface area (Å²) < 4.78 is 44.8. The number of hydrogen-bond donors (Lipinski definition) is 1. The minimum Gasteiger partial charge on any atom is -0.466 e. The summed E-state index contributed by atoms with van der Waals surface area (Å²) in [4.78, 5) is 18.5. The van der Waals surface area contributed by atoms with Crippen molar-refractivity contribution in [2.75, 3.05) is 14.2 Å². The van der Waals surface area contributed by atoms with E-state index in [4.69, 9.17) is 4.74 Å². The van der Waals surface area contributed by atoms with E-state index < -0.39 is 23.8 Å². The Kier molecular flexibility index (Phi) is 6.14. The number of ether oxygens (including phenoxy) is 1. The molecule has 1 heterocycles. The van der Waals surface area contributed by atoms with E-state index in [2.05, 4.69) is 10.3 Å². The van der Waals surface area contributed by atoms with Crippen LogP contribution in [0.1, 0.15) is 29.7 Å². The number of methoxy groups -OCH3 is 1. The number of nitrogens with one attached hydrogen (secondary N) is 1. The van der Waals surface area contributed by atoms with Crippen molar-refractivity contribution < 1.29 is 22.7 Å². The molecular formula is C22H22F3N3O2. The molecule has 30 heavy (non-hydrogen) atoms. The lowest BCUT2D eigenvalue weighted by Gasteiger charge is -2.36. The Balaban J connectivity index is 2.00. The molecule has 1 atom stereocenters. The topological polar surface area (TPSA) is 53.9 Å². The zero-order chi connectivity index (χ0) is 21.9. The van der Waals surface area contributed by atoms with Gasteiger partial charge < -0.3 is 15.0 Å². The molecule has 0 radical (unpaired) electrons. The Morgan fingerprint density at radius 1 is 1.13 bits per heavy atom. The second-order valence-corrected chi connectivity index (χ2v) is 6.83. The summed E-state index contributed by atoms with van der Waals surface area (Å²) in [5.41, 5.74) is 1.20. The maximum absolute atomic E-state index is 13.3. The molecule has 1 aliphatic heterocycles. The van der Waals surface area contributed by atoms with Gasteiger partial charge in [-0.05, 0) is 24.1 Å². The number of carbonyl (C=O) groups excluding carboxylic acids is 1. The summed E-state index contributed by atoms with van der Waals surface area (Å²) in [6, 6.07) is 14.1. The van der Waals surface area contributed by atoms with Gasteiger partial charge in [-0.15, -0.1) is 0 Å². The predicted molar refractivity (Wildman–Crippen MR) is 107 cm³/mol. The average molecular weight is 417 g/mol. The number of nitrogens with zero attached hydrogens (tertiary/aromatic N) is 2. The molecule has 8 heteroatoms. The van der Waals surface area contributed by atoms with Crippen LogP contribution in [0.3, 0.4) is 0 Å². The fraction of sp³-hybridized carbons (Fsp3) is 0.273. The maximum Gasteiger partial charge on any atom is 0.416 e. The highest BCUT2D eigenvalue weighted by molar-refractivity contribution is 5.96. The van der Waals surface area contributed by atoms with Crippen molar-refractivity contribution in [3.05, 3.63) is 82.6 Å².